The van der Waals surface area contributed by atoms with Crippen LogP contribution < -0.4 is 0 Å². The summed E-state index contributed by atoms with van der Waals surface area (Å²) < 4.78 is 1.85. The summed E-state index contributed by atoms with van der Waals surface area (Å²) in [6.07, 6.45) is 2.15. The first-order valence-corrected chi connectivity index (χ1v) is 8.32. The van der Waals surface area contributed by atoms with Crippen molar-refractivity contribution in [3.8, 4) is 0 Å². The van der Waals surface area contributed by atoms with E-state index in [0.29, 0.717) is 0 Å². The number of carbonyl (C=O) groups is 1. The van der Waals surface area contributed by atoms with E-state index in [9.17, 15) is 4.79 Å². The van der Waals surface area contributed by atoms with Crippen LogP contribution in [0.5, 0.6) is 0 Å². The molecule has 1 amide bonds. The summed E-state index contributed by atoms with van der Waals surface area (Å²) in [5, 5.41) is 6.55. The number of hydrogen-bond acceptors (Lipinski definition) is 3. The molecule has 1 aliphatic heterocycles. The van der Waals surface area contributed by atoms with Crippen molar-refractivity contribution in [1.82, 2.24) is 14.7 Å². The van der Waals surface area contributed by atoms with E-state index in [-0.39, 0.29) is 18.0 Å². The van der Waals surface area contributed by atoms with Crippen molar-refractivity contribution in [3.05, 3.63) is 39.8 Å². The number of hydrogen-bond donors (Lipinski definition) is 0. The van der Waals surface area contributed by atoms with Crippen LogP contribution in [-0.2, 0) is 4.79 Å². The first-order chi connectivity index (χ1) is 10.1. The third kappa shape index (κ3) is 2.62. The van der Waals surface area contributed by atoms with Gasteiger partial charge in [-0.3, -0.25) is 9.48 Å². The van der Waals surface area contributed by atoms with Crippen LogP contribution in [0.25, 0.3) is 0 Å². The van der Waals surface area contributed by atoms with E-state index in [2.05, 4.69) is 22.6 Å². The van der Waals surface area contributed by atoms with Crippen molar-refractivity contribution >= 4 is 17.2 Å². The average Bonchev–Trinajstić information content (AvgIpc) is 3.16. The summed E-state index contributed by atoms with van der Waals surface area (Å²) in [6.45, 7) is 6.77. The molecule has 0 radical (unpaired) electrons. The van der Waals surface area contributed by atoms with Crippen molar-refractivity contribution in [3.63, 3.8) is 0 Å². The second-order valence-corrected chi connectivity index (χ2v) is 6.73. The molecule has 1 saturated heterocycles. The highest BCUT2D eigenvalue weighted by atomic mass is 32.1. The lowest BCUT2D eigenvalue weighted by atomic mass is 10.1. The summed E-state index contributed by atoms with van der Waals surface area (Å²) >= 11 is 1.74. The first-order valence-electron chi connectivity index (χ1n) is 7.44. The first kappa shape index (κ1) is 14.3. The highest BCUT2D eigenvalue weighted by Gasteiger charge is 2.34. The summed E-state index contributed by atoms with van der Waals surface area (Å²) in [5.74, 6) is 0.178. The third-order valence-electron chi connectivity index (χ3n) is 4.18. The maximum absolute atomic E-state index is 12.9. The van der Waals surface area contributed by atoms with Crippen LogP contribution in [0.2, 0.25) is 0 Å². The molecule has 0 spiro atoms. The zero-order chi connectivity index (χ0) is 15.0. The molecular weight excluding hydrogens is 282 g/mol. The molecule has 3 rings (SSSR count). The van der Waals surface area contributed by atoms with Crippen LogP contribution in [0, 0.1) is 13.8 Å². The molecule has 4 nitrogen and oxygen atoms in total. The summed E-state index contributed by atoms with van der Waals surface area (Å²) in [6, 6.07) is 6.22. The maximum atomic E-state index is 12.9. The predicted octanol–water partition coefficient (Wildman–Crippen LogP) is 3.49. The summed E-state index contributed by atoms with van der Waals surface area (Å²) in [7, 11) is 0. The lowest BCUT2D eigenvalue weighted by Crippen LogP contribution is -2.36. The Hall–Kier alpha value is -1.62. The lowest BCUT2D eigenvalue weighted by Gasteiger charge is -2.27. The number of carbonyl (C=O) groups excluding carboxylic acids is 1. The van der Waals surface area contributed by atoms with Gasteiger partial charge in [0.05, 0.1) is 11.7 Å². The monoisotopic (exact) mass is 303 g/mol. The van der Waals surface area contributed by atoms with Gasteiger partial charge in [0.15, 0.2) is 0 Å². The number of aromatic nitrogens is 2. The lowest BCUT2D eigenvalue weighted by molar-refractivity contribution is -0.135. The molecular formula is C16H21N3OS. The number of aryl methyl sites for hydroxylation is 2. The zero-order valence-corrected chi connectivity index (χ0v) is 13.6. The van der Waals surface area contributed by atoms with Crippen molar-refractivity contribution < 1.29 is 4.79 Å². The minimum Gasteiger partial charge on any atom is -0.333 e. The molecule has 112 valence electrons. The van der Waals surface area contributed by atoms with Crippen molar-refractivity contribution in [2.45, 2.75) is 45.7 Å². The highest BCUT2D eigenvalue weighted by molar-refractivity contribution is 7.10. The molecule has 1 aliphatic rings. The average molecular weight is 303 g/mol. The standard InChI is InChI=1S/C16H21N3OS/c1-11-10-12(2)19(17-11)13(3)16(20)18-8-4-6-14(18)15-7-5-9-21-15/h5,7,9-10,13-14H,4,6,8H2,1-3H3/t13-,14-/m1/s1. The Morgan fingerprint density at radius 2 is 2.29 bits per heavy atom. The minimum absolute atomic E-state index is 0.178. The largest absolute Gasteiger partial charge is 0.333 e. The molecule has 2 atom stereocenters. The molecule has 1 fully saturated rings. The fourth-order valence-electron chi connectivity index (χ4n) is 3.19. The number of likely N-dealkylation sites (tertiary alicyclic amines) is 1. The van der Waals surface area contributed by atoms with E-state index in [1.165, 1.54) is 4.88 Å². The minimum atomic E-state index is -0.237. The molecule has 0 N–H and O–H groups in total. The Labute approximate surface area is 129 Å². The van der Waals surface area contributed by atoms with Gasteiger partial charge in [-0.05, 0) is 51.1 Å². The summed E-state index contributed by atoms with van der Waals surface area (Å²) in [4.78, 5) is 16.2. The molecule has 21 heavy (non-hydrogen) atoms. The van der Waals surface area contributed by atoms with Gasteiger partial charge in [0.2, 0.25) is 5.91 Å². The highest BCUT2D eigenvalue weighted by Crippen LogP contribution is 2.35. The predicted molar refractivity (Wildman–Crippen MR) is 84.4 cm³/mol. The topological polar surface area (TPSA) is 38.1 Å². The van der Waals surface area contributed by atoms with Crippen molar-refractivity contribution in [1.29, 1.82) is 0 Å². The normalized spacial score (nSPS) is 20.0. The zero-order valence-electron chi connectivity index (χ0n) is 12.7. The molecule has 2 aromatic rings. The smallest absolute Gasteiger partial charge is 0.247 e. The molecule has 0 aliphatic carbocycles. The van der Waals surface area contributed by atoms with E-state index >= 15 is 0 Å². The van der Waals surface area contributed by atoms with Crippen LogP contribution in [0.4, 0.5) is 0 Å². The van der Waals surface area contributed by atoms with E-state index < -0.39 is 0 Å². The Morgan fingerprint density at radius 3 is 2.90 bits per heavy atom. The third-order valence-corrected chi connectivity index (χ3v) is 5.15. The number of amides is 1. The quantitative estimate of drug-likeness (QED) is 0.870. The van der Waals surface area contributed by atoms with Gasteiger partial charge in [-0.2, -0.15) is 5.10 Å². The Balaban J connectivity index is 1.82. The Morgan fingerprint density at radius 1 is 1.48 bits per heavy atom. The van der Waals surface area contributed by atoms with E-state index in [4.69, 9.17) is 0 Å². The fourth-order valence-corrected chi connectivity index (χ4v) is 4.06. The van der Waals surface area contributed by atoms with E-state index in [1.807, 2.05) is 36.4 Å². The van der Waals surface area contributed by atoms with Gasteiger partial charge in [-0.15, -0.1) is 11.3 Å². The van der Waals surface area contributed by atoms with Crippen LogP contribution >= 0.6 is 11.3 Å². The SMILES string of the molecule is Cc1cc(C)n([C@H](C)C(=O)N2CCC[C@@H]2c2cccs2)n1. The molecule has 5 heteroatoms. The van der Waals surface area contributed by atoms with Crippen LogP contribution in [0.15, 0.2) is 23.6 Å². The Kier molecular flexibility index (Phi) is 3.85. The number of nitrogens with zero attached hydrogens (tertiary/aromatic N) is 3. The van der Waals surface area contributed by atoms with E-state index in [1.54, 1.807) is 11.3 Å². The van der Waals surface area contributed by atoms with Gasteiger partial charge in [0.25, 0.3) is 0 Å². The Bertz CT molecular complexity index is 632. The number of thiophene rings is 1. The molecule has 3 heterocycles. The van der Waals surface area contributed by atoms with Crippen LogP contribution in [-0.4, -0.2) is 27.1 Å². The number of rotatable bonds is 3. The van der Waals surface area contributed by atoms with Gasteiger partial charge in [0, 0.05) is 17.1 Å². The van der Waals surface area contributed by atoms with Gasteiger partial charge < -0.3 is 4.90 Å². The fraction of sp³-hybridized carbons (Fsp3) is 0.500. The molecule has 0 saturated carbocycles. The molecule has 0 aromatic carbocycles. The van der Waals surface area contributed by atoms with E-state index in [0.717, 1.165) is 30.8 Å². The van der Waals surface area contributed by atoms with Crippen LogP contribution in [0.1, 0.15) is 48.1 Å². The van der Waals surface area contributed by atoms with Crippen LogP contribution in [0.3, 0.4) is 0 Å². The van der Waals surface area contributed by atoms with Gasteiger partial charge in [0.1, 0.15) is 6.04 Å². The summed E-state index contributed by atoms with van der Waals surface area (Å²) in [5.41, 5.74) is 2.00. The molecule has 2 aromatic heterocycles. The van der Waals surface area contributed by atoms with Gasteiger partial charge >= 0.3 is 0 Å². The second kappa shape index (κ2) is 5.64. The van der Waals surface area contributed by atoms with Gasteiger partial charge in [-0.1, -0.05) is 6.07 Å². The molecule has 0 bridgehead atoms. The molecule has 0 unspecified atom stereocenters. The van der Waals surface area contributed by atoms with Crippen molar-refractivity contribution in [2.75, 3.05) is 6.54 Å². The second-order valence-electron chi connectivity index (χ2n) is 5.75. The van der Waals surface area contributed by atoms with Crippen molar-refractivity contribution in [2.24, 2.45) is 0 Å². The maximum Gasteiger partial charge on any atom is 0.247 e. The van der Waals surface area contributed by atoms with Gasteiger partial charge in [-0.25, -0.2) is 0 Å².